The molecule has 0 spiro atoms. The first-order valence-electron chi connectivity index (χ1n) is 4.11. The molecule has 5 atom stereocenters. The quantitative estimate of drug-likeness (QED) is 0.354. The van der Waals surface area contributed by atoms with Gasteiger partial charge in [-0.25, -0.2) is 0 Å². The van der Waals surface area contributed by atoms with Crippen molar-refractivity contribution in [2.75, 3.05) is 6.61 Å². The molecule has 1 heterocycles. The summed E-state index contributed by atoms with van der Waals surface area (Å²) in [4.78, 5) is 21.2. The van der Waals surface area contributed by atoms with Gasteiger partial charge in [-0.05, 0) is 7.60 Å². The topological polar surface area (TPSA) is 153 Å². The lowest BCUT2D eigenvalue weighted by atomic mass is 10.0. The fourth-order valence-electron chi connectivity index (χ4n) is 1.34. The number of ether oxygens (including phenoxy) is 1. The summed E-state index contributed by atoms with van der Waals surface area (Å²) >= 11 is 0. The molecule has 1 aliphatic rings. The van der Waals surface area contributed by atoms with E-state index in [1.807, 2.05) is 0 Å². The molecule has 4 N–H and O–H groups in total. The molecule has 1 aliphatic heterocycles. The molecule has 0 amide bonds. The Morgan fingerprint density at radius 1 is 1.13 bits per heavy atom. The zero-order chi connectivity index (χ0) is 11.8. The van der Waals surface area contributed by atoms with Crippen LogP contribution in [0.5, 0.6) is 0 Å². The molecule has 0 aromatic rings. The molecule has 0 aromatic carbocycles. The normalized spacial score (nSPS) is 42.9. The highest BCUT2D eigenvalue weighted by Crippen LogP contribution is 2.39. The third-order valence-electron chi connectivity index (χ3n) is 2.18. The van der Waals surface area contributed by atoms with Crippen LogP contribution in [-0.4, -0.2) is 57.3 Å². The summed E-state index contributed by atoms with van der Waals surface area (Å²) in [7, 11) is -5.27. The van der Waals surface area contributed by atoms with Crippen molar-refractivity contribution in [3.63, 3.8) is 0 Å². The highest BCUT2D eigenvalue weighted by molar-refractivity contribution is 7.49. The van der Waals surface area contributed by atoms with E-state index in [1.54, 1.807) is 0 Å². The van der Waals surface area contributed by atoms with Gasteiger partial charge in [0.15, 0.2) is 0 Å². The Labute approximate surface area is 84.9 Å². The van der Waals surface area contributed by atoms with Crippen LogP contribution in [0, 0.1) is 0 Å². The molecule has 0 unspecified atom stereocenters. The van der Waals surface area contributed by atoms with Gasteiger partial charge < -0.3 is 39.5 Å². The lowest BCUT2D eigenvalue weighted by Crippen LogP contribution is -2.59. The van der Waals surface area contributed by atoms with E-state index in [1.165, 1.54) is 0 Å². The minimum absolute atomic E-state index is 0.776. The molecule has 0 bridgehead atoms. The van der Waals surface area contributed by atoms with Crippen molar-refractivity contribution in [2.45, 2.75) is 30.3 Å². The van der Waals surface area contributed by atoms with E-state index in [-0.39, 0.29) is 0 Å². The lowest BCUT2D eigenvalue weighted by Gasteiger charge is -2.48. The number of aliphatic hydroxyl groups excluding tert-OH is 4. The first-order chi connectivity index (χ1) is 6.79. The van der Waals surface area contributed by atoms with E-state index in [4.69, 9.17) is 10.2 Å². The van der Waals surface area contributed by atoms with Gasteiger partial charge in [-0.3, -0.25) is 0 Å². The Hall–Kier alpha value is -0.0500. The average molecular weight is 242 g/mol. The molecular formula is C6H11O8P-2. The van der Waals surface area contributed by atoms with Crippen LogP contribution in [0.2, 0.25) is 0 Å². The first-order valence-corrected chi connectivity index (χ1v) is 5.72. The van der Waals surface area contributed by atoms with E-state index < -0.39 is 44.5 Å². The summed E-state index contributed by atoms with van der Waals surface area (Å²) in [5.41, 5.74) is 0. The smallest absolute Gasteiger partial charge is 0.113 e. The van der Waals surface area contributed by atoms with Crippen molar-refractivity contribution < 1.29 is 39.5 Å². The molecular weight excluding hydrogens is 231 g/mol. The third-order valence-corrected chi connectivity index (χ3v) is 3.23. The summed E-state index contributed by atoms with van der Waals surface area (Å²) in [6, 6.07) is 0. The second-order valence-corrected chi connectivity index (χ2v) is 4.85. The molecule has 0 saturated carbocycles. The second-order valence-electron chi connectivity index (χ2n) is 3.26. The Kier molecular flexibility index (Phi) is 3.85. The second kappa shape index (κ2) is 4.44. The third kappa shape index (κ3) is 2.55. The Balaban J connectivity index is 2.88. The lowest BCUT2D eigenvalue weighted by molar-refractivity contribution is -0.336. The number of rotatable bonds is 2. The van der Waals surface area contributed by atoms with Crippen LogP contribution >= 0.6 is 7.60 Å². The average Bonchev–Trinajstić information content (AvgIpc) is 2.13. The summed E-state index contributed by atoms with van der Waals surface area (Å²) < 4.78 is 15.1. The predicted molar refractivity (Wildman–Crippen MR) is 41.4 cm³/mol. The summed E-state index contributed by atoms with van der Waals surface area (Å²) in [6.07, 6.45) is -6.93. The molecule has 0 radical (unpaired) electrons. The molecule has 8 nitrogen and oxygen atoms in total. The van der Waals surface area contributed by atoms with Crippen LogP contribution in [-0.2, 0) is 9.30 Å². The molecule has 90 valence electrons. The molecule has 1 saturated heterocycles. The maximum atomic E-state index is 10.6. The van der Waals surface area contributed by atoms with Gasteiger partial charge in [0.1, 0.15) is 30.3 Å². The van der Waals surface area contributed by atoms with Crippen molar-refractivity contribution in [1.82, 2.24) is 0 Å². The van der Waals surface area contributed by atoms with Crippen LogP contribution in [0.3, 0.4) is 0 Å². The van der Waals surface area contributed by atoms with Crippen LogP contribution in [0.4, 0.5) is 0 Å². The predicted octanol–water partition coefficient (Wildman–Crippen LogP) is -4.30. The van der Waals surface area contributed by atoms with Crippen LogP contribution < -0.4 is 9.79 Å². The van der Waals surface area contributed by atoms with Crippen molar-refractivity contribution in [3.8, 4) is 0 Å². The van der Waals surface area contributed by atoms with Gasteiger partial charge in [-0.15, -0.1) is 0 Å². The molecule has 9 heteroatoms. The van der Waals surface area contributed by atoms with Crippen molar-refractivity contribution in [3.05, 3.63) is 0 Å². The highest BCUT2D eigenvalue weighted by Gasteiger charge is 2.44. The van der Waals surface area contributed by atoms with Crippen molar-refractivity contribution in [2.24, 2.45) is 0 Å². The van der Waals surface area contributed by atoms with Crippen molar-refractivity contribution >= 4 is 7.60 Å². The number of aliphatic hydroxyl groups is 4. The number of hydrogen-bond donors (Lipinski definition) is 4. The van der Waals surface area contributed by atoms with Crippen LogP contribution in [0.15, 0.2) is 0 Å². The Morgan fingerprint density at radius 3 is 2.07 bits per heavy atom. The van der Waals surface area contributed by atoms with Gasteiger partial charge in [0.2, 0.25) is 0 Å². The largest absolute Gasteiger partial charge is 0.809 e. The van der Waals surface area contributed by atoms with Gasteiger partial charge in [0, 0.05) is 0 Å². The monoisotopic (exact) mass is 242 g/mol. The Bertz CT molecular complexity index is 262. The molecule has 15 heavy (non-hydrogen) atoms. The Morgan fingerprint density at radius 2 is 1.67 bits per heavy atom. The first kappa shape index (κ1) is 13.0. The summed E-state index contributed by atoms with van der Waals surface area (Å²) in [5, 5.41) is 36.2. The SMILES string of the molecule is O=P([O-])([O-])[C@@H]1O[C@H](CO)[C@@H](O)[C@H](O)[C@@H]1O. The number of hydrogen-bond acceptors (Lipinski definition) is 8. The zero-order valence-electron chi connectivity index (χ0n) is 7.46. The summed E-state index contributed by atoms with van der Waals surface area (Å²) in [6.45, 7) is -0.776. The molecule has 0 aliphatic carbocycles. The fraction of sp³-hybridized carbons (Fsp3) is 1.00. The molecule has 1 fully saturated rings. The van der Waals surface area contributed by atoms with E-state index in [2.05, 4.69) is 4.74 Å². The van der Waals surface area contributed by atoms with Crippen LogP contribution in [0.1, 0.15) is 0 Å². The van der Waals surface area contributed by atoms with E-state index >= 15 is 0 Å². The van der Waals surface area contributed by atoms with Crippen molar-refractivity contribution in [1.29, 1.82) is 0 Å². The van der Waals surface area contributed by atoms with Gasteiger partial charge >= 0.3 is 0 Å². The minimum Gasteiger partial charge on any atom is -0.809 e. The van der Waals surface area contributed by atoms with Gasteiger partial charge in [0.25, 0.3) is 0 Å². The van der Waals surface area contributed by atoms with Gasteiger partial charge in [-0.2, -0.15) is 0 Å². The minimum atomic E-state index is -5.27. The zero-order valence-corrected chi connectivity index (χ0v) is 8.36. The maximum absolute atomic E-state index is 10.6. The van der Waals surface area contributed by atoms with E-state index in [9.17, 15) is 24.6 Å². The standard InChI is InChI=1S/C6H13O8P/c7-1-2-3(8)4(9)5(10)6(14-2)15(11,12)13/h2-10H,1H2,(H2,11,12,13)/p-2/t2-,3-,4+,5+,6+/m1/s1. The fourth-order valence-corrected chi connectivity index (χ4v) is 2.20. The molecule has 1 rings (SSSR count). The highest BCUT2D eigenvalue weighted by atomic mass is 31.2. The summed E-state index contributed by atoms with van der Waals surface area (Å²) in [5.74, 6) is -2.16. The van der Waals surface area contributed by atoms with Gasteiger partial charge in [-0.1, -0.05) is 0 Å². The maximum Gasteiger partial charge on any atom is 0.113 e. The van der Waals surface area contributed by atoms with E-state index in [0.29, 0.717) is 0 Å². The van der Waals surface area contributed by atoms with Crippen LogP contribution in [0.25, 0.3) is 0 Å². The molecule has 0 aromatic heterocycles. The van der Waals surface area contributed by atoms with E-state index in [0.717, 1.165) is 0 Å². The van der Waals surface area contributed by atoms with Gasteiger partial charge in [0.05, 0.1) is 6.61 Å².